The molecule has 3 amide bonds. The SMILES string of the molecule is COc1ccc(NC(=O)Nc2cc(C)cc(C)c2)cc1N1CCCC1=O. The molecule has 0 unspecified atom stereocenters. The Morgan fingerprint density at radius 1 is 1.04 bits per heavy atom. The fraction of sp³-hybridized carbons (Fsp3) is 0.300. The molecular formula is C20H23N3O3. The van der Waals surface area contributed by atoms with Crippen molar-refractivity contribution in [2.75, 3.05) is 29.2 Å². The molecule has 1 fully saturated rings. The van der Waals surface area contributed by atoms with Crippen molar-refractivity contribution in [2.45, 2.75) is 26.7 Å². The summed E-state index contributed by atoms with van der Waals surface area (Å²) < 4.78 is 5.37. The Morgan fingerprint density at radius 3 is 2.35 bits per heavy atom. The summed E-state index contributed by atoms with van der Waals surface area (Å²) in [6, 6.07) is 10.8. The predicted molar refractivity (Wildman–Crippen MR) is 103 cm³/mol. The molecule has 0 saturated carbocycles. The molecule has 2 aromatic rings. The highest BCUT2D eigenvalue weighted by molar-refractivity contribution is 6.01. The summed E-state index contributed by atoms with van der Waals surface area (Å²) in [6.45, 7) is 4.63. The van der Waals surface area contributed by atoms with Gasteiger partial charge in [0.15, 0.2) is 0 Å². The Balaban J connectivity index is 1.76. The minimum absolute atomic E-state index is 0.0696. The van der Waals surface area contributed by atoms with Crippen LogP contribution in [0, 0.1) is 13.8 Å². The molecular weight excluding hydrogens is 330 g/mol. The summed E-state index contributed by atoms with van der Waals surface area (Å²) in [5, 5.41) is 5.65. The number of hydrogen-bond acceptors (Lipinski definition) is 3. The molecule has 0 spiro atoms. The molecule has 1 aliphatic heterocycles. The molecule has 3 rings (SSSR count). The smallest absolute Gasteiger partial charge is 0.323 e. The summed E-state index contributed by atoms with van der Waals surface area (Å²) in [5.41, 5.74) is 4.18. The van der Waals surface area contributed by atoms with Crippen LogP contribution in [0.15, 0.2) is 36.4 Å². The number of aryl methyl sites for hydroxylation is 2. The number of carbonyl (C=O) groups excluding carboxylic acids is 2. The van der Waals surface area contributed by atoms with Crippen molar-refractivity contribution in [3.63, 3.8) is 0 Å². The van der Waals surface area contributed by atoms with Crippen LogP contribution in [0.3, 0.4) is 0 Å². The molecule has 136 valence electrons. The second kappa shape index (κ2) is 7.47. The zero-order chi connectivity index (χ0) is 18.7. The third-order valence-corrected chi connectivity index (χ3v) is 4.28. The maximum absolute atomic E-state index is 12.3. The minimum atomic E-state index is -0.334. The van der Waals surface area contributed by atoms with E-state index in [9.17, 15) is 9.59 Å². The van der Waals surface area contributed by atoms with Gasteiger partial charge in [0.05, 0.1) is 12.8 Å². The average molecular weight is 353 g/mol. The van der Waals surface area contributed by atoms with Gasteiger partial charge in [0.1, 0.15) is 5.75 Å². The Hall–Kier alpha value is -3.02. The van der Waals surface area contributed by atoms with Crippen LogP contribution in [0.2, 0.25) is 0 Å². The summed E-state index contributed by atoms with van der Waals surface area (Å²) >= 11 is 0. The van der Waals surface area contributed by atoms with E-state index in [1.807, 2.05) is 32.0 Å². The molecule has 2 aromatic carbocycles. The first-order valence-electron chi connectivity index (χ1n) is 8.61. The van der Waals surface area contributed by atoms with Crippen LogP contribution in [-0.2, 0) is 4.79 Å². The van der Waals surface area contributed by atoms with Crippen molar-refractivity contribution in [1.29, 1.82) is 0 Å². The number of anilines is 3. The van der Waals surface area contributed by atoms with E-state index >= 15 is 0 Å². The van der Waals surface area contributed by atoms with E-state index in [0.29, 0.717) is 30.1 Å². The zero-order valence-corrected chi connectivity index (χ0v) is 15.3. The van der Waals surface area contributed by atoms with Crippen LogP contribution >= 0.6 is 0 Å². The minimum Gasteiger partial charge on any atom is -0.495 e. The molecule has 1 saturated heterocycles. The molecule has 6 heteroatoms. The van der Waals surface area contributed by atoms with Crippen LogP contribution in [0.1, 0.15) is 24.0 Å². The molecule has 26 heavy (non-hydrogen) atoms. The van der Waals surface area contributed by atoms with E-state index in [-0.39, 0.29) is 11.9 Å². The van der Waals surface area contributed by atoms with Crippen molar-refractivity contribution >= 4 is 29.0 Å². The van der Waals surface area contributed by atoms with E-state index in [2.05, 4.69) is 10.6 Å². The average Bonchev–Trinajstić information content (AvgIpc) is 2.99. The van der Waals surface area contributed by atoms with E-state index < -0.39 is 0 Å². The predicted octanol–water partition coefficient (Wildman–Crippen LogP) is 4.08. The molecule has 2 N–H and O–H groups in total. The second-order valence-corrected chi connectivity index (χ2v) is 6.49. The molecule has 0 aliphatic carbocycles. The highest BCUT2D eigenvalue weighted by Gasteiger charge is 2.24. The van der Waals surface area contributed by atoms with Gasteiger partial charge in [0, 0.05) is 24.3 Å². The summed E-state index contributed by atoms with van der Waals surface area (Å²) in [5.74, 6) is 0.681. The van der Waals surface area contributed by atoms with Crippen molar-refractivity contribution in [3.05, 3.63) is 47.5 Å². The zero-order valence-electron chi connectivity index (χ0n) is 15.3. The lowest BCUT2D eigenvalue weighted by Gasteiger charge is -2.20. The lowest BCUT2D eigenvalue weighted by molar-refractivity contribution is -0.117. The number of rotatable bonds is 4. The Morgan fingerprint density at radius 2 is 1.73 bits per heavy atom. The van der Waals surface area contributed by atoms with Gasteiger partial charge in [0.2, 0.25) is 5.91 Å². The van der Waals surface area contributed by atoms with E-state index in [0.717, 1.165) is 23.2 Å². The largest absolute Gasteiger partial charge is 0.495 e. The van der Waals surface area contributed by atoms with E-state index in [4.69, 9.17) is 4.74 Å². The maximum atomic E-state index is 12.3. The lowest BCUT2D eigenvalue weighted by atomic mass is 10.1. The molecule has 0 radical (unpaired) electrons. The van der Waals surface area contributed by atoms with Gasteiger partial charge in [-0.2, -0.15) is 0 Å². The van der Waals surface area contributed by atoms with Crippen LogP contribution in [0.4, 0.5) is 21.9 Å². The van der Waals surface area contributed by atoms with Gasteiger partial charge in [-0.05, 0) is 61.7 Å². The summed E-state index contributed by atoms with van der Waals surface area (Å²) in [7, 11) is 1.57. The number of benzene rings is 2. The number of urea groups is 1. The lowest BCUT2D eigenvalue weighted by Crippen LogP contribution is -2.25. The number of methoxy groups -OCH3 is 1. The fourth-order valence-corrected chi connectivity index (χ4v) is 3.22. The normalized spacial score (nSPS) is 13.7. The van der Waals surface area contributed by atoms with Crippen molar-refractivity contribution in [3.8, 4) is 5.75 Å². The first-order valence-corrected chi connectivity index (χ1v) is 8.61. The second-order valence-electron chi connectivity index (χ2n) is 6.49. The molecule has 6 nitrogen and oxygen atoms in total. The van der Waals surface area contributed by atoms with Crippen LogP contribution in [0.25, 0.3) is 0 Å². The summed E-state index contributed by atoms with van der Waals surface area (Å²) in [4.78, 5) is 26.1. The summed E-state index contributed by atoms with van der Waals surface area (Å²) in [6.07, 6.45) is 1.36. The molecule has 0 bridgehead atoms. The molecule has 1 heterocycles. The van der Waals surface area contributed by atoms with Crippen LogP contribution in [-0.4, -0.2) is 25.6 Å². The van der Waals surface area contributed by atoms with Gasteiger partial charge in [-0.15, -0.1) is 0 Å². The van der Waals surface area contributed by atoms with Crippen LogP contribution < -0.4 is 20.3 Å². The number of ether oxygens (including phenoxy) is 1. The molecule has 0 aromatic heterocycles. The third-order valence-electron chi connectivity index (χ3n) is 4.28. The van der Waals surface area contributed by atoms with Crippen molar-refractivity contribution < 1.29 is 14.3 Å². The van der Waals surface area contributed by atoms with Gasteiger partial charge in [-0.3, -0.25) is 4.79 Å². The topological polar surface area (TPSA) is 70.7 Å². The number of hydrogen-bond donors (Lipinski definition) is 2. The van der Waals surface area contributed by atoms with Gasteiger partial charge in [-0.1, -0.05) is 6.07 Å². The maximum Gasteiger partial charge on any atom is 0.323 e. The Labute approximate surface area is 153 Å². The van der Waals surface area contributed by atoms with Crippen LogP contribution in [0.5, 0.6) is 5.75 Å². The van der Waals surface area contributed by atoms with Crippen molar-refractivity contribution in [1.82, 2.24) is 0 Å². The highest BCUT2D eigenvalue weighted by Crippen LogP contribution is 2.34. The van der Waals surface area contributed by atoms with Gasteiger partial charge in [-0.25, -0.2) is 4.79 Å². The van der Waals surface area contributed by atoms with Gasteiger partial charge >= 0.3 is 6.03 Å². The fourth-order valence-electron chi connectivity index (χ4n) is 3.22. The monoisotopic (exact) mass is 353 g/mol. The number of nitrogens with zero attached hydrogens (tertiary/aromatic N) is 1. The van der Waals surface area contributed by atoms with Crippen molar-refractivity contribution in [2.24, 2.45) is 0 Å². The quantitative estimate of drug-likeness (QED) is 0.870. The molecule has 1 aliphatic rings. The third kappa shape index (κ3) is 3.96. The number of amides is 3. The van der Waals surface area contributed by atoms with E-state index in [1.54, 1.807) is 30.2 Å². The highest BCUT2D eigenvalue weighted by atomic mass is 16.5. The standard InChI is InChI=1S/C20H23N3O3/c1-13-9-14(2)11-16(10-13)22-20(25)21-15-6-7-18(26-3)17(12-15)23-8-4-5-19(23)24/h6-7,9-12H,4-5,8H2,1-3H3,(H2,21,22,25). The van der Waals surface area contributed by atoms with E-state index in [1.165, 1.54) is 0 Å². The Bertz CT molecular complexity index is 828. The van der Waals surface area contributed by atoms with Gasteiger partial charge < -0.3 is 20.3 Å². The first kappa shape index (κ1) is 17.8. The Kier molecular flexibility index (Phi) is 5.11. The number of carbonyl (C=O) groups is 2. The molecule has 0 atom stereocenters. The van der Waals surface area contributed by atoms with Gasteiger partial charge in [0.25, 0.3) is 0 Å². The number of nitrogens with one attached hydrogen (secondary N) is 2. The first-order chi connectivity index (χ1) is 12.5.